The molecule has 0 radical (unpaired) electrons. The highest BCUT2D eigenvalue weighted by Gasteiger charge is 2.43. The molecule has 7 nitrogen and oxygen atoms in total. The van der Waals surface area contributed by atoms with Gasteiger partial charge in [-0.15, -0.1) is 0 Å². The van der Waals surface area contributed by atoms with E-state index in [4.69, 9.17) is 9.47 Å². The molecule has 1 aliphatic carbocycles. The number of methoxy groups -OCH3 is 2. The molecule has 0 saturated carbocycles. The Balaban J connectivity index is 1.61. The Hall–Kier alpha value is -3.17. The Labute approximate surface area is 228 Å². The molecule has 192 valence electrons. The van der Waals surface area contributed by atoms with Gasteiger partial charge in [0.1, 0.15) is 11.5 Å². The van der Waals surface area contributed by atoms with Crippen LogP contribution in [0.15, 0.2) is 63.4 Å². The third kappa shape index (κ3) is 4.78. The summed E-state index contributed by atoms with van der Waals surface area (Å²) in [6.07, 6.45) is 1.12. The first-order chi connectivity index (χ1) is 17.6. The van der Waals surface area contributed by atoms with E-state index in [2.05, 4.69) is 45.4 Å². The van der Waals surface area contributed by atoms with E-state index in [0.717, 1.165) is 25.9 Å². The predicted octanol–water partition coefficient (Wildman–Crippen LogP) is 6.32. The van der Waals surface area contributed by atoms with Crippen LogP contribution < -0.4 is 20.1 Å². The van der Waals surface area contributed by atoms with Gasteiger partial charge in [0.2, 0.25) is 0 Å². The van der Waals surface area contributed by atoms with E-state index in [0.29, 0.717) is 46.3 Å². The van der Waals surface area contributed by atoms with Gasteiger partial charge in [-0.05, 0) is 43.0 Å². The molecule has 2 aromatic carbocycles. The molecule has 2 N–H and O–H groups in total. The summed E-state index contributed by atoms with van der Waals surface area (Å²) in [6.45, 7) is 6.06. The molecule has 2 aliphatic rings. The highest BCUT2D eigenvalue weighted by molar-refractivity contribution is 9.10. The number of Topliss-reactive ketones (excluding diaryl/α,β-unsaturated/α-hetero) is 1. The second-order valence-corrected chi connectivity index (χ2v) is 12.1. The summed E-state index contributed by atoms with van der Waals surface area (Å²) in [4.78, 5) is 32.1. The summed E-state index contributed by atoms with van der Waals surface area (Å²) in [5, 5.41) is 6.89. The smallest absolute Gasteiger partial charge is 0.256 e. The number of benzene rings is 2. The highest BCUT2D eigenvalue weighted by Crippen LogP contribution is 2.49. The summed E-state index contributed by atoms with van der Waals surface area (Å²) in [5.41, 5.74) is 4.01. The minimum Gasteiger partial charge on any atom is -0.497 e. The molecule has 1 aromatic heterocycles. The fourth-order valence-corrected chi connectivity index (χ4v) is 6.41. The number of halogens is 1. The number of aromatic nitrogens is 1. The van der Waals surface area contributed by atoms with Crippen molar-refractivity contribution in [3.05, 3.63) is 69.0 Å². The Bertz CT molecular complexity index is 1500. The molecule has 0 spiro atoms. The number of fused-ring (bicyclic) bond motifs is 1. The van der Waals surface area contributed by atoms with Crippen LogP contribution in [-0.2, 0) is 9.59 Å². The van der Waals surface area contributed by atoms with Crippen LogP contribution in [0.2, 0.25) is 0 Å². The topological polar surface area (TPSA) is 89.5 Å². The van der Waals surface area contributed by atoms with E-state index in [1.165, 1.54) is 11.3 Å². The third-order valence-electron chi connectivity index (χ3n) is 6.81. The molecule has 0 bridgehead atoms. The lowest BCUT2D eigenvalue weighted by molar-refractivity contribution is -0.118. The average Bonchev–Trinajstić information content (AvgIpc) is 3.22. The number of hydrogen-bond donors (Lipinski definition) is 2. The fraction of sp³-hybridized carbons (Fsp3) is 0.321. The minimum absolute atomic E-state index is 0.0317. The SMILES string of the molecule is COc1ccc([C@H]2C(C(=O)Nc3nc4cc(Br)ccc4s3)=C(C)NC3=C2C(=O)CC(C)(C)C3)c(OC)c1. The van der Waals surface area contributed by atoms with Crippen LogP contribution in [0.1, 0.15) is 45.1 Å². The maximum Gasteiger partial charge on any atom is 0.256 e. The van der Waals surface area contributed by atoms with Crippen LogP contribution in [0.5, 0.6) is 11.5 Å². The van der Waals surface area contributed by atoms with E-state index < -0.39 is 5.92 Å². The van der Waals surface area contributed by atoms with Gasteiger partial charge in [-0.3, -0.25) is 14.9 Å². The third-order valence-corrected chi connectivity index (χ3v) is 8.25. The van der Waals surface area contributed by atoms with Crippen molar-refractivity contribution in [2.45, 2.75) is 39.5 Å². The number of ketones is 1. The Kier molecular flexibility index (Phi) is 6.62. The van der Waals surface area contributed by atoms with Gasteiger partial charge in [0.25, 0.3) is 5.91 Å². The zero-order valence-corrected chi connectivity index (χ0v) is 23.7. The van der Waals surface area contributed by atoms with Crippen LogP contribution in [0.4, 0.5) is 5.13 Å². The molecular formula is C28H28BrN3O4S. The van der Waals surface area contributed by atoms with Crippen molar-refractivity contribution in [3.8, 4) is 11.5 Å². The zero-order valence-electron chi connectivity index (χ0n) is 21.3. The molecular weight excluding hydrogens is 554 g/mol. The monoisotopic (exact) mass is 581 g/mol. The molecule has 2 heterocycles. The number of carbonyl (C=O) groups excluding carboxylic acids is 2. The van der Waals surface area contributed by atoms with Crippen molar-refractivity contribution >= 4 is 54.3 Å². The maximum atomic E-state index is 13.9. The van der Waals surface area contributed by atoms with Crippen LogP contribution in [-0.4, -0.2) is 30.9 Å². The molecule has 1 amide bonds. The fourth-order valence-electron chi connectivity index (χ4n) is 5.22. The number of allylic oxidation sites excluding steroid dienone is 3. The number of ether oxygens (including phenoxy) is 2. The minimum atomic E-state index is -0.593. The lowest BCUT2D eigenvalue weighted by Crippen LogP contribution is -2.39. The molecule has 5 rings (SSSR count). The summed E-state index contributed by atoms with van der Waals surface area (Å²) < 4.78 is 13.0. The number of nitrogens with one attached hydrogen (secondary N) is 2. The van der Waals surface area contributed by atoms with E-state index in [-0.39, 0.29) is 17.1 Å². The summed E-state index contributed by atoms with van der Waals surface area (Å²) in [7, 11) is 3.17. The van der Waals surface area contributed by atoms with Crippen molar-refractivity contribution in [3.63, 3.8) is 0 Å². The van der Waals surface area contributed by atoms with Gasteiger partial charge in [-0.1, -0.05) is 47.2 Å². The first kappa shape index (κ1) is 25.5. The molecule has 9 heteroatoms. The number of hydrogen-bond acceptors (Lipinski definition) is 7. The summed E-state index contributed by atoms with van der Waals surface area (Å²) in [5.74, 6) is 0.314. The first-order valence-corrected chi connectivity index (χ1v) is 13.5. The average molecular weight is 583 g/mol. The second kappa shape index (κ2) is 9.61. The highest BCUT2D eigenvalue weighted by atomic mass is 79.9. The van der Waals surface area contributed by atoms with Crippen LogP contribution >= 0.6 is 27.3 Å². The van der Waals surface area contributed by atoms with Crippen LogP contribution in [0.3, 0.4) is 0 Å². The number of rotatable bonds is 5. The maximum absolute atomic E-state index is 13.9. The number of anilines is 1. The van der Waals surface area contributed by atoms with Gasteiger partial charge in [-0.25, -0.2) is 4.98 Å². The normalized spacial score (nSPS) is 19.0. The van der Waals surface area contributed by atoms with E-state index in [1.54, 1.807) is 20.3 Å². The van der Waals surface area contributed by atoms with Gasteiger partial charge in [-0.2, -0.15) is 0 Å². The van der Waals surface area contributed by atoms with Gasteiger partial charge in [0.05, 0.1) is 30.4 Å². The largest absolute Gasteiger partial charge is 0.497 e. The molecule has 0 unspecified atom stereocenters. The van der Waals surface area contributed by atoms with E-state index in [1.807, 2.05) is 37.3 Å². The van der Waals surface area contributed by atoms with Crippen LogP contribution in [0.25, 0.3) is 10.2 Å². The molecule has 1 aliphatic heterocycles. The Morgan fingerprint density at radius 3 is 2.68 bits per heavy atom. The molecule has 0 fully saturated rings. The Morgan fingerprint density at radius 1 is 1.16 bits per heavy atom. The summed E-state index contributed by atoms with van der Waals surface area (Å²) >= 11 is 4.88. The molecule has 1 atom stereocenters. The van der Waals surface area contributed by atoms with E-state index >= 15 is 0 Å². The van der Waals surface area contributed by atoms with Crippen molar-refractivity contribution in [2.24, 2.45) is 5.41 Å². The molecule has 37 heavy (non-hydrogen) atoms. The molecule has 3 aromatic rings. The van der Waals surface area contributed by atoms with Gasteiger partial charge in [0.15, 0.2) is 10.9 Å². The standard InChI is InChI=1S/C28H28BrN3O4S/c1-14-23(26(34)32-27-31-18-10-15(29)6-9-22(18)37-27)24(17-8-7-16(35-4)11-21(17)36-5)25-19(30-14)12-28(2,3)13-20(25)33/h6-11,24,30H,12-13H2,1-5H3,(H,31,32,34)/t24-/m0/s1. The van der Waals surface area contributed by atoms with Gasteiger partial charge in [0, 0.05) is 45.1 Å². The Morgan fingerprint density at radius 2 is 1.95 bits per heavy atom. The van der Waals surface area contributed by atoms with Gasteiger partial charge >= 0.3 is 0 Å². The first-order valence-electron chi connectivity index (χ1n) is 11.9. The van der Waals surface area contributed by atoms with E-state index in [9.17, 15) is 9.59 Å². The number of thiazole rings is 1. The number of dihydropyridines is 1. The number of nitrogens with zero attached hydrogens (tertiary/aromatic N) is 1. The predicted molar refractivity (Wildman–Crippen MR) is 149 cm³/mol. The summed E-state index contributed by atoms with van der Waals surface area (Å²) in [6, 6.07) is 11.3. The van der Waals surface area contributed by atoms with Crippen molar-refractivity contribution in [2.75, 3.05) is 19.5 Å². The second-order valence-electron chi connectivity index (χ2n) is 10.1. The van der Waals surface area contributed by atoms with Gasteiger partial charge < -0.3 is 14.8 Å². The van der Waals surface area contributed by atoms with Crippen LogP contribution in [0, 0.1) is 5.41 Å². The van der Waals surface area contributed by atoms with Crippen molar-refractivity contribution < 1.29 is 19.1 Å². The zero-order chi connectivity index (χ0) is 26.5. The lowest BCUT2D eigenvalue weighted by atomic mass is 9.68. The lowest BCUT2D eigenvalue weighted by Gasteiger charge is -2.39. The number of carbonyl (C=O) groups is 2. The van der Waals surface area contributed by atoms with Crippen molar-refractivity contribution in [1.82, 2.24) is 10.3 Å². The number of amides is 1. The molecule has 0 saturated heterocycles. The quantitative estimate of drug-likeness (QED) is 0.366. The van der Waals surface area contributed by atoms with Crippen molar-refractivity contribution in [1.29, 1.82) is 0 Å².